The maximum absolute atomic E-state index is 12.9. The molecule has 0 bridgehead atoms. The molecule has 17 heavy (non-hydrogen) atoms. The van der Waals surface area contributed by atoms with Crippen molar-refractivity contribution in [3.63, 3.8) is 0 Å². The van der Waals surface area contributed by atoms with E-state index in [9.17, 15) is 4.39 Å². The Morgan fingerprint density at radius 1 is 1.41 bits per heavy atom. The van der Waals surface area contributed by atoms with E-state index in [0.29, 0.717) is 0 Å². The Morgan fingerprint density at radius 3 is 3.00 bits per heavy atom. The summed E-state index contributed by atoms with van der Waals surface area (Å²) in [6.07, 6.45) is 4.35. The van der Waals surface area contributed by atoms with Gasteiger partial charge in [0.1, 0.15) is 0 Å². The average molecular weight is 230 g/mol. The van der Waals surface area contributed by atoms with Crippen molar-refractivity contribution in [1.29, 1.82) is 0 Å². The second-order valence-corrected chi connectivity index (χ2v) is 4.06. The van der Waals surface area contributed by atoms with Gasteiger partial charge in [0.05, 0.1) is 6.20 Å². The van der Waals surface area contributed by atoms with Crippen molar-refractivity contribution >= 4 is 18.0 Å². The van der Waals surface area contributed by atoms with Crippen LogP contribution in [0.25, 0.3) is 5.57 Å². The highest BCUT2D eigenvalue weighted by molar-refractivity contribution is 5.74. The highest BCUT2D eigenvalue weighted by Gasteiger charge is 2.14. The number of rotatable bonds is 3. The van der Waals surface area contributed by atoms with Crippen LogP contribution in [-0.2, 0) is 6.42 Å². The molecule has 0 atom stereocenters. The summed E-state index contributed by atoms with van der Waals surface area (Å²) in [6.45, 7) is 7.19. The number of halogens is 1. The first-order valence-electron chi connectivity index (χ1n) is 5.61. The molecule has 0 fully saturated rings. The molecule has 1 aliphatic rings. The lowest BCUT2D eigenvalue weighted by Crippen LogP contribution is -2.04. The van der Waals surface area contributed by atoms with Gasteiger partial charge in [-0.2, -0.15) is 4.39 Å². The molecule has 2 nitrogen and oxygen atoms in total. The number of anilines is 1. The second-order valence-electron chi connectivity index (χ2n) is 4.06. The number of fused-ring (bicyclic) bond motifs is 1. The van der Waals surface area contributed by atoms with Crippen molar-refractivity contribution < 1.29 is 4.39 Å². The van der Waals surface area contributed by atoms with Gasteiger partial charge in [0.25, 0.3) is 0 Å². The number of aliphatic imine (C=N–C) groups is 1. The van der Waals surface area contributed by atoms with Crippen molar-refractivity contribution in [2.75, 3.05) is 5.32 Å². The Kier molecular flexibility index (Phi) is 3.38. The molecule has 0 aliphatic heterocycles. The monoisotopic (exact) mass is 230 g/mol. The number of hydrogen-bond acceptors (Lipinski definition) is 2. The molecular weight excluding hydrogens is 215 g/mol. The third-order valence-corrected chi connectivity index (χ3v) is 2.96. The summed E-state index contributed by atoms with van der Waals surface area (Å²) in [5.41, 5.74) is 4.46. The first-order valence-corrected chi connectivity index (χ1v) is 5.61. The fraction of sp³-hybridized carbons (Fsp3) is 0.214. The predicted molar refractivity (Wildman–Crippen MR) is 70.8 cm³/mol. The van der Waals surface area contributed by atoms with Gasteiger partial charge in [-0.3, -0.25) is 0 Å². The molecule has 0 saturated carbocycles. The number of nitrogens with zero attached hydrogens (tertiary/aromatic N) is 1. The van der Waals surface area contributed by atoms with Crippen molar-refractivity contribution in [1.82, 2.24) is 0 Å². The summed E-state index contributed by atoms with van der Waals surface area (Å²) in [4.78, 5) is 3.19. The van der Waals surface area contributed by atoms with Crippen LogP contribution in [0.3, 0.4) is 0 Å². The van der Waals surface area contributed by atoms with Gasteiger partial charge in [0.15, 0.2) is 0 Å². The van der Waals surface area contributed by atoms with E-state index < -0.39 is 5.95 Å². The van der Waals surface area contributed by atoms with Gasteiger partial charge in [-0.05, 0) is 48.7 Å². The van der Waals surface area contributed by atoms with Gasteiger partial charge in [-0.1, -0.05) is 18.7 Å². The highest BCUT2D eigenvalue weighted by atomic mass is 19.1. The molecule has 3 heteroatoms. The SMILES string of the molecule is C=N/C(F)=C\Nc1cccc2c1CCCC2=C. The summed E-state index contributed by atoms with van der Waals surface area (Å²) in [6, 6.07) is 5.95. The Hall–Kier alpha value is -1.90. The molecule has 0 amide bonds. The molecule has 0 aromatic heterocycles. The number of nitrogens with one attached hydrogen (secondary N) is 1. The molecule has 88 valence electrons. The summed E-state index contributed by atoms with van der Waals surface area (Å²) in [5.74, 6) is -0.614. The van der Waals surface area contributed by atoms with E-state index in [1.165, 1.54) is 17.3 Å². The van der Waals surface area contributed by atoms with Crippen molar-refractivity contribution in [3.8, 4) is 0 Å². The smallest absolute Gasteiger partial charge is 0.228 e. The minimum atomic E-state index is -0.614. The van der Waals surface area contributed by atoms with Gasteiger partial charge in [0, 0.05) is 5.69 Å². The van der Waals surface area contributed by atoms with Crippen molar-refractivity contribution in [2.24, 2.45) is 4.99 Å². The zero-order valence-electron chi connectivity index (χ0n) is 9.67. The molecule has 1 aliphatic carbocycles. The van der Waals surface area contributed by atoms with E-state index in [1.54, 1.807) is 0 Å². The van der Waals surface area contributed by atoms with Crippen LogP contribution < -0.4 is 5.32 Å². The summed E-state index contributed by atoms with van der Waals surface area (Å²) < 4.78 is 12.9. The quantitative estimate of drug-likeness (QED) is 0.617. The van der Waals surface area contributed by atoms with E-state index in [4.69, 9.17) is 0 Å². The van der Waals surface area contributed by atoms with Crippen molar-refractivity contribution in [3.05, 3.63) is 48.1 Å². The lowest BCUT2D eigenvalue weighted by molar-refractivity contribution is 0.628. The third-order valence-electron chi connectivity index (χ3n) is 2.96. The first-order chi connectivity index (χ1) is 8.22. The van der Waals surface area contributed by atoms with Gasteiger partial charge in [-0.15, -0.1) is 0 Å². The van der Waals surface area contributed by atoms with Crippen LogP contribution in [-0.4, -0.2) is 6.72 Å². The van der Waals surface area contributed by atoms with Gasteiger partial charge >= 0.3 is 0 Å². The molecule has 1 aromatic rings. The molecule has 0 heterocycles. The molecule has 0 unspecified atom stereocenters. The van der Waals surface area contributed by atoms with Crippen LogP contribution in [0, 0.1) is 0 Å². The largest absolute Gasteiger partial charge is 0.358 e. The molecule has 2 rings (SSSR count). The summed E-state index contributed by atoms with van der Waals surface area (Å²) in [7, 11) is 0. The molecule has 1 aromatic carbocycles. The minimum Gasteiger partial charge on any atom is -0.358 e. The first kappa shape index (κ1) is 11.6. The second kappa shape index (κ2) is 4.95. The molecule has 1 N–H and O–H groups in total. The normalized spacial score (nSPS) is 15.4. The van der Waals surface area contributed by atoms with E-state index >= 15 is 0 Å². The van der Waals surface area contributed by atoms with Crippen LogP contribution in [0.4, 0.5) is 10.1 Å². The van der Waals surface area contributed by atoms with E-state index in [-0.39, 0.29) is 0 Å². The Bertz CT molecular complexity index is 489. The van der Waals surface area contributed by atoms with Crippen LogP contribution in [0.15, 0.2) is 41.9 Å². The molecule has 0 saturated heterocycles. The number of hydrogen-bond donors (Lipinski definition) is 1. The summed E-state index contributed by atoms with van der Waals surface area (Å²) >= 11 is 0. The topological polar surface area (TPSA) is 24.4 Å². The van der Waals surface area contributed by atoms with Gasteiger partial charge in [-0.25, -0.2) is 4.99 Å². The van der Waals surface area contributed by atoms with E-state index in [2.05, 4.69) is 29.7 Å². The van der Waals surface area contributed by atoms with Crippen LogP contribution in [0.5, 0.6) is 0 Å². The van der Waals surface area contributed by atoms with Gasteiger partial charge < -0.3 is 5.32 Å². The Labute approximate surface area is 101 Å². The Morgan fingerprint density at radius 2 is 2.24 bits per heavy atom. The van der Waals surface area contributed by atoms with E-state index in [0.717, 1.165) is 30.5 Å². The van der Waals surface area contributed by atoms with Crippen LogP contribution in [0.2, 0.25) is 0 Å². The Balaban J connectivity index is 2.32. The minimum absolute atomic E-state index is 0.614. The zero-order valence-corrected chi connectivity index (χ0v) is 9.67. The molecule has 0 radical (unpaired) electrons. The lowest BCUT2D eigenvalue weighted by Gasteiger charge is -2.21. The van der Waals surface area contributed by atoms with Gasteiger partial charge in [0.2, 0.25) is 5.95 Å². The zero-order chi connectivity index (χ0) is 12.3. The number of allylic oxidation sites excluding steroid dienone is 1. The van der Waals surface area contributed by atoms with Crippen molar-refractivity contribution in [2.45, 2.75) is 19.3 Å². The molecular formula is C14H15FN2. The number of benzene rings is 1. The maximum Gasteiger partial charge on any atom is 0.228 e. The standard InChI is InChI=1S/C14H15FN2/c1-10-5-3-7-12-11(10)6-4-8-13(12)17-9-14(15)16-2/h4,6,8-9,17H,1-3,5,7H2/b14-9-. The fourth-order valence-corrected chi connectivity index (χ4v) is 2.12. The highest BCUT2D eigenvalue weighted by Crippen LogP contribution is 2.33. The van der Waals surface area contributed by atoms with Crippen LogP contribution in [0.1, 0.15) is 24.0 Å². The molecule has 0 spiro atoms. The predicted octanol–water partition coefficient (Wildman–Crippen LogP) is 3.92. The fourth-order valence-electron chi connectivity index (χ4n) is 2.12. The lowest BCUT2D eigenvalue weighted by atomic mass is 9.87. The third kappa shape index (κ3) is 2.44. The summed E-state index contributed by atoms with van der Waals surface area (Å²) in [5, 5.41) is 2.93. The van der Waals surface area contributed by atoms with Crippen LogP contribution >= 0.6 is 0 Å². The maximum atomic E-state index is 12.9. The average Bonchev–Trinajstić information content (AvgIpc) is 2.36. The van der Waals surface area contributed by atoms with E-state index in [1.807, 2.05) is 12.1 Å².